The summed E-state index contributed by atoms with van der Waals surface area (Å²) in [6, 6.07) is 20.0. The van der Waals surface area contributed by atoms with E-state index in [1.54, 1.807) is 0 Å². The molecule has 0 unspecified atom stereocenters. The monoisotopic (exact) mass is 252 g/mol. The van der Waals surface area contributed by atoms with Crippen LogP contribution in [0.1, 0.15) is 5.56 Å². The molecule has 0 bridgehead atoms. The second kappa shape index (κ2) is 6.00. The lowest BCUT2D eigenvalue weighted by Gasteiger charge is -2.24. The van der Waals surface area contributed by atoms with Crippen molar-refractivity contribution in [3.8, 4) is 11.1 Å². The van der Waals surface area contributed by atoms with Gasteiger partial charge in [0.05, 0.1) is 0 Å². The number of piperazine rings is 1. The molecule has 2 N–H and O–H groups in total. The second-order valence-electron chi connectivity index (χ2n) is 5.13. The molecule has 0 aromatic heterocycles. The lowest BCUT2D eigenvalue weighted by Crippen LogP contribution is -2.49. The van der Waals surface area contributed by atoms with Gasteiger partial charge in [-0.3, -0.25) is 0 Å². The van der Waals surface area contributed by atoms with E-state index in [1.807, 2.05) is 0 Å². The number of benzene rings is 2. The van der Waals surface area contributed by atoms with Gasteiger partial charge in [0, 0.05) is 25.7 Å². The molecule has 0 amide bonds. The number of hydrogen-bond acceptors (Lipinski definition) is 2. The molecule has 2 aromatic carbocycles. The first-order chi connectivity index (χ1) is 9.42. The van der Waals surface area contributed by atoms with E-state index in [-0.39, 0.29) is 0 Å². The molecule has 2 nitrogen and oxygen atoms in total. The van der Waals surface area contributed by atoms with Gasteiger partial charge in [-0.1, -0.05) is 54.6 Å². The van der Waals surface area contributed by atoms with E-state index in [0.717, 1.165) is 26.1 Å². The SMILES string of the molecule is c1ccc(-c2cccc(C[C@@H]3CNCCN3)c2)cc1. The van der Waals surface area contributed by atoms with Crippen LogP contribution in [-0.2, 0) is 6.42 Å². The molecule has 1 atom stereocenters. The molecule has 1 aliphatic heterocycles. The molecule has 1 aliphatic rings. The summed E-state index contributed by atoms with van der Waals surface area (Å²) in [6.07, 6.45) is 1.09. The topological polar surface area (TPSA) is 24.1 Å². The molecule has 1 heterocycles. The van der Waals surface area contributed by atoms with Crippen LogP contribution in [0.2, 0.25) is 0 Å². The largest absolute Gasteiger partial charge is 0.314 e. The number of rotatable bonds is 3. The molecule has 0 spiro atoms. The zero-order valence-corrected chi connectivity index (χ0v) is 11.1. The fourth-order valence-corrected chi connectivity index (χ4v) is 2.65. The zero-order valence-electron chi connectivity index (χ0n) is 11.1. The van der Waals surface area contributed by atoms with Crippen molar-refractivity contribution in [2.75, 3.05) is 19.6 Å². The Kier molecular flexibility index (Phi) is 3.92. The Hall–Kier alpha value is -1.64. The van der Waals surface area contributed by atoms with Gasteiger partial charge in [0.2, 0.25) is 0 Å². The molecule has 1 saturated heterocycles. The van der Waals surface area contributed by atoms with Gasteiger partial charge in [-0.2, -0.15) is 0 Å². The minimum Gasteiger partial charge on any atom is -0.314 e. The lowest BCUT2D eigenvalue weighted by molar-refractivity contribution is 0.417. The van der Waals surface area contributed by atoms with Gasteiger partial charge in [0.15, 0.2) is 0 Å². The van der Waals surface area contributed by atoms with Crippen LogP contribution in [0.5, 0.6) is 0 Å². The van der Waals surface area contributed by atoms with Crippen LogP contribution >= 0.6 is 0 Å². The first-order valence-electron chi connectivity index (χ1n) is 7.00. The summed E-state index contributed by atoms with van der Waals surface area (Å²) in [6.45, 7) is 3.22. The second-order valence-corrected chi connectivity index (χ2v) is 5.13. The van der Waals surface area contributed by atoms with Crippen molar-refractivity contribution in [1.82, 2.24) is 10.6 Å². The van der Waals surface area contributed by atoms with Crippen LogP contribution in [0, 0.1) is 0 Å². The lowest BCUT2D eigenvalue weighted by atomic mass is 9.99. The van der Waals surface area contributed by atoms with Gasteiger partial charge < -0.3 is 10.6 Å². The highest BCUT2D eigenvalue weighted by atomic mass is 15.0. The minimum absolute atomic E-state index is 0.555. The minimum atomic E-state index is 0.555. The highest BCUT2D eigenvalue weighted by Crippen LogP contribution is 2.20. The van der Waals surface area contributed by atoms with E-state index < -0.39 is 0 Å². The maximum Gasteiger partial charge on any atom is 0.0233 e. The highest BCUT2D eigenvalue weighted by Gasteiger charge is 2.12. The Bertz CT molecular complexity index is 516. The third-order valence-corrected chi connectivity index (χ3v) is 3.64. The van der Waals surface area contributed by atoms with Crippen LogP contribution < -0.4 is 10.6 Å². The Balaban J connectivity index is 1.76. The fraction of sp³-hybridized carbons (Fsp3) is 0.294. The molecule has 98 valence electrons. The summed E-state index contributed by atoms with van der Waals surface area (Å²) in [4.78, 5) is 0. The van der Waals surface area contributed by atoms with Crippen molar-refractivity contribution in [3.63, 3.8) is 0 Å². The third kappa shape index (κ3) is 3.22. The van der Waals surface area contributed by atoms with Gasteiger partial charge in [0.1, 0.15) is 0 Å². The van der Waals surface area contributed by atoms with Gasteiger partial charge in [-0.25, -0.2) is 0 Å². The van der Waals surface area contributed by atoms with Crippen molar-refractivity contribution in [1.29, 1.82) is 0 Å². The normalized spacial score (nSPS) is 19.3. The molecule has 0 saturated carbocycles. The van der Waals surface area contributed by atoms with Crippen molar-refractivity contribution in [2.24, 2.45) is 0 Å². The van der Waals surface area contributed by atoms with E-state index in [0.29, 0.717) is 6.04 Å². The van der Waals surface area contributed by atoms with Crippen LogP contribution in [0.3, 0.4) is 0 Å². The molecule has 0 aliphatic carbocycles. The number of nitrogens with one attached hydrogen (secondary N) is 2. The van der Waals surface area contributed by atoms with Gasteiger partial charge in [0.25, 0.3) is 0 Å². The van der Waals surface area contributed by atoms with Crippen molar-refractivity contribution in [3.05, 3.63) is 60.2 Å². The molecule has 3 rings (SSSR count). The summed E-state index contributed by atoms with van der Waals surface area (Å²) >= 11 is 0. The summed E-state index contributed by atoms with van der Waals surface area (Å²) in [7, 11) is 0. The van der Waals surface area contributed by atoms with E-state index in [4.69, 9.17) is 0 Å². The Morgan fingerprint density at radius 2 is 1.74 bits per heavy atom. The van der Waals surface area contributed by atoms with Crippen LogP contribution in [0.15, 0.2) is 54.6 Å². The Morgan fingerprint density at radius 1 is 0.895 bits per heavy atom. The standard InChI is InChI=1S/C17H20N2/c1-2-6-15(7-3-1)16-8-4-5-14(11-16)12-17-13-18-9-10-19-17/h1-8,11,17-19H,9-10,12-13H2/t17-/m1/s1. The summed E-state index contributed by atoms with van der Waals surface area (Å²) < 4.78 is 0. The van der Waals surface area contributed by atoms with E-state index in [1.165, 1.54) is 16.7 Å². The maximum absolute atomic E-state index is 3.56. The highest BCUT2D eigenvalue weighted by molar-refractivity contribution is 5.63. The maximum atomic E-state index is 3.56. The molecule has 0 radical (unpaired) electrons. The van der Waals surface area contributed by atoms with Crippen LogP contribution in [-0.4, -0.2) is 25.7 Å². The van der Waals surface area contributed by atoms with E-state index in [9.17, 15) is 0 Å². The Labute approximate surface area is 114 Å². The van der Waals surface area contributed by atoms with Crippen LogP contribution in [0.4, 0.5) is 0 Å². The predicted octanol–water partition coefficient (Wildman–Crippen LogP) is 2.46. The smallest absolute Gasteiger partial charge is 0.0233 e. The molecular formula is C17H20N2. The van der Waals surface area contributed by atoms with Crippen molar-refractivity contribution < 1.29 is 0 Å². The molecular weight excluding hydrogens is 232 g/mol. The average molecular weight is 252 g/mol. The Morgan fingerprint density at radius 3 is 2.53 bits per heavy atom. The fourth-order valence-electron chi connectivity index (χ4n) is 2.65. The molecule has 2 aromatic rings. The molecule has 1 fully saturated rings. The molecule has 19 heavy (non-hydrogen) atoms. The summed E-state index contributed by atoms with van der Waals surface area (Å²) in [5, 5.41) is 7.00. The van der Waals surface area contributed by atoms with E-state index in [2.05, 4.69) is 65.2 Å². The van der Waals surface area contributed by atoms with E-state index >= 15 is 0 Å². The summed E-state index contributed by atoms with van der Waals surface area (Å²) in [5.41, 5.74) is 4.00. The van der Waals surface area contributed by atoms with Crippen molar-refractivity contribution in [2.45, 2.75) is 12.5 Å². The van der Waals surface area contributed by atoms with Gasteiger partial charge >= 0.3 is 0 Å². The zero-order chi connectivity index (χ0) is 12.9. The predicted molar refractivity (Wildman–Crippen MR) is 80.2 cm³/mol. The summed E-state index contributed by atoms with van der Waals surface area (Å²) in [5.74, 6) is 0. The quantitative estimate of drug-likeness (QED) is 0.877. The first kappa shape index (κ1) is 12.4. The van der Waals surface area contributed by atoms with Crippen LogP contribution in [0.25, 0.3) is 11.1 Å². The third-order valence-electron chi connectivity index (χ3n) is 3.64. The first-order valence-corrected chi connectivity index (χ1v) is 7.00. The number of hydrogen-bond donors (Lipinski definition) is 2. The van der Waals surface area contributed by atoms with Gasteiger partial charge in [-0.05, 0) is 23.1 Å². The van der Waals surface area contributed by atoms with Gasteiger partial charge in [-0.15, -0.1) is 0 Å². The molecule has 2 heteroatoms. The average Bonchev–Trinajstić information content (AvgIpc) is 2.49. The van der Waals surface area contributed by atoms with Crippen molar-refractivity contribution >= 4 is 0 Å².